The maximum Gasteiger partial charge on any atom is 0.117 e. The van der Waals surface area contributed by atoms with Crippen LogP contribution in [-0.4, -0.2) is 5.11 Å². The summed E-state index contributed by atoms with van der Waals surface area (Å²) in [6.07, 6.45) is 0. The van der Waals surface area contributed by atoms with Crippen molar-refractivity contribution < 1.29 is 5.11 Å². The second-order valence-corrected chi connectivity index (χ2v) is 10.5. The highest BCUT2D eigenvalue weighted by Crippen LogP contribution is 2.51. The minimum Gasteiger partial charge on any atom is -0.508 e. The topological polar surface area (TPSA) is 26.7 Å². The van der Waals surface area contributed by atoms with E-state index in [-0.39, 0.29) is 5.75 Å². The SMILES string of the molecule is Cc1cccc(N(c2ccccc2)c2c3ccccc3c(N(c3ccccc3)c3cccc(O)c3)c3ccccc23)c1. The van der Waals surface area contributed by atoms with Crippen LogP contribution in [0.1, 0.15) is 5.56 Å². The van der Waals surface area contributed by atoms with Gasteiger partial charge < -0.3 is 14.9 Å². The van der Waals surface area contributed by atoms with Gasteiger partial charge >= 0.3 is 0 Å². The second kappa shape index (κ2) is 10.8. The van der Waals surface area contributed by atoms with Crippen molar-refractivity contribution in [2.75, 3.05) is 9.80 Å². The van der Waals surface area contributed by atoms with Gasteiger partial charge in [-0.25, -0.2) is 0 Å². The van der Waals surface area contributed by atoms with Crippen LogP contribution in [0.15, 0.2) is 158 Å². The third kappa shape index (κ3) is 4.51. The summed E-state index contributed by atoms with van der Waals surface area (Å²) in [4.78, 5) is 4.64. The average molecular weight is 543 g/mol. The van der Waals surface area contributed by atoms with Gasteiger partial charge in [0.25, 0.3) is 0 Å². The van der Waals surface area contributed by atoms with Gasteiger partial charge in [-0.15, -0.1) is 0 Å². The van der Waals surface area contributed by atoms with Crippen molar-refractivity contribution in [3.8, 4) is 5.75 Å². The average Bonchev–Trinajstić information content (AvgIpc) is 3.03. The number of hydrogen-bond acceptors (Lipinski definition) is 3. The third-order valence-corrected chi connectivity index (χ3v) is 7.70. The van der Waals surface area contributed by atoms with Crippen LogP contribution >= 0.6 is 0 Å². The fourth-order valence-corrected chi connectivity index (χ4v) is 5.93. The Kier molecular flexibility index (Phi) is 6.54. The molecular weight excluding hydrogens is 512 g/mol. The standard InChI is InChI=1S/C39H30N2O/c1-28-14-12-19-31(26-28)40(29-15-4-2-5-16-29)38-34-22-8-10-24-36(34)39(37-25-11-9-23-35(37)38)41(30-17-6-3-7-18-30)32-20-13-21-33(42)27-32/h2-27,42H,1H3. The summed E-state index contributed by atoms with van der Waals surface area (Å²) in [5, 5.41) is 15.0. The monoisotopic (exact) mass is 542 g/mol. The van der Waals surface area contributed by atoms with Crippen molar-refractivity contribution in [2.24, 2.45) is 0 Å². The molecule has 42 heavy (non-hydrogen) atoms. The van der Waals surface area contributed by atoms with Crippen molar-refractivity contribution in [2.45, 2.75) is 6.92 Å². The molecule has 1 N–H and O–H groups in total. The molecule has 0 spiro atoms. The number of para-hydroxylation sites is 2. The number of rotatable bonds is 6. The molecule has 0 saturated heterocycles. The van der Waals surface area contributed by atoms with Crippen molar-refractivity contribution in [1.29, 1.82) is 0 Å². The number of aryl methyl sites for hydroxylation is 1. The summed E-state index contributed by atoms with van der Waals surface area (Å²) >= 11 is 0. The predicted molar refractivity (Wildman–Crippen MR) is 177 cm³/mol. The largest absolute Gasteiger partial charge is 0.508 e. The number of aromatic hydroxyl groups is 1. The molecule has 0 atom stereocenters. The van der Waals surface area contributed by atoms with Gasteiger partial charge in [-0.05, 0) is 61.0 Å². The van der Waals surface area contributed by atoms with Gasteiger partial charge in [-0.1, -0.05) is 103 Å². The van der Waals surface area contributed by atoms with E-state index >= 15 is 0 Å². The summed E-state index contributed by atoms with van der Waals surface area (Å²) in [7, 11) is 0. The Morgan fingerprint density at radius 2 is 0.762 bits per heavy atom. The molecule has 0 amide bonds. The lowest BCUT2D eigenvalue weighted by Crippen LogP contribution is -2.14. The number of phenolic OH excluding ortho intramolecular Hbond substituents is 1. The summed E-state index contributed by atoms with van der Waals surface area (Å²) < 4.78 is 0. The fraction of sp³-hybridized carbons (Fsp3) is 0.0256. The molecule has 0 unspecified atom stereocenters. The molecule has 0 bridgehead atoms. The minimum atomic E-state index is 0.230. The molecule has 0 aliphatic rings. The van der Waals surface area contributed by atoms with E-state index in [4.69, 9.17) is 0 Å². The Hall–Kier alpha value is -5.54. The lowest BCUT2D eigenvalue weighted by Gasteiger charge is -2.33. The first-order chi connectivity index (χ1) is 20.7. The van der Waals surface area contributed by atoms with Crippen molar-refractivity contribution in [1.82, 2.24) is 0 Å². The summed E-state index contributed by atoms with van der Waals surface area (Å²) in [5.74, 6) is 0.230. The number of fused-ring (bicyclic) bond motifs is 2. The molecule has 7 aromatic rings. The normalized spacial score (nSPS) is 11.1. The first kappa shape index (κ1) is 25.4. The molecule has 0 radical (unpaired) electrons. The predicted octanol–water partition coefficient (Wildman–Crippen LogP) is 10.9. The lowest BCUT2D eigenvalue weighted by molar-refractivity contribution is 0.475. The maximum atomic E-state index is 10.5. The minimum absolute atomic E-state index is 0.230. The zero-order valence-corrected chi connectivity index (χ0v) is 23.4. The van der Waals surface area contributed by atoms with Gasteiger partial charge in [-0.3, -0.25) is 0 Å². The molecule has 0 aromatic heterocycles. The smallest absolute Gasteiger partial charge is 0.117 e. The van der Waals surface area contributed by atoms with E-state index in [0.717, 1.165) is 55.7 Å². The Bertz CT molecular complexity index is 1810. The van der Waals surface area contributed by atoms with Crippen LogP contribution < -0.4 is 9.80 Å². The van der Waals surface area contributed by atoms with Crippen molar-refractivity contribution in [3.05, 3.63) is 163 Å². The summed E-state index contributed by atoms with van der Waals surface area (Å²) in [5.41, 5.74) is 7.52. The molecule has 3 heteroatoms. The molecule has 0 heterocycles. The van der Waals surface area contributed by atoms with Crippen LogP contribution in [0, 0.1) is 6.92 Å². The highest BCUT2D eigenvalue weighted by atomic mass is 16.3. The van der Waals surface area contributed by atoms with Crippen LogP contribution in [0.4, 0.5) is 34.1 Å². The lowest BCUT2D eigenvalue weighted by atomic mass is 9.95. The number of benzene rings is 7. The van der Waals surface area contributed by atoms with Gasteiger partial charge in [0.15, 0.2) is 0 Å². The van der Waals surface area contributed by atoms with Crippen LogP contribution in [0.5, 0.6) is 5.75 Å². The first-order valence-electron chi connectivity index (χ1n) is 14.2. The molecule has 7 rings (SSSR count). The highest BCUT2D eigenvalue weighted by molar-refractivity contribution is 6.23. The first-order valence-corrected chi connectivity index (χ1v) is 14.2. The Labute approximate surface area is 246 Å². The van der Waals surface area contributed by atoms with Crippen LogP contribution in [0.3, 0.4) is 0 Å². The zero-order chi connectivity index (χ0) is 28.5. The van der Waals surface area contributed by atoms with E-state index in [9.17, 15) is 5.11 Å². The quantitative estimate of drug-likeness (QED) is 0.167. The third-order valence-electron chi connectivity index (χ3n) is 7.70. The van der Waals surface area contributed by atoms with Gasteiger partial charge in [0.2, 0.25) is 0 Å². The van der Waals surface area contributed by atoms with Gasteiger partial charge in [-0.2, -0.15) is 0 Å². The Morgan fingerprint density at radius 3 is 1.19 bits per heavy atom. The Balaban J connectivity index is 1.62. The molecule has 7 aromatic carbocycles. The van der Waals surface area contributed by atoms with E-state index in [1.165, 1.54) is 5.56 Å². The molecule has 3 nitrogen and oxygen atoms in total. The number of nitrogens with zero attached hydrogens (tertiary/aromatic N) is 2. The van der Waals surface area contributed by atoms with E-state index in [1.54, 1.807) is 6.07 Å². The highest BCUT2D eigenvalue weighted by Gasteiger charge is 2.25. The fourth-order valence-electron chi connectivity index (χ4n) is 5.93. The number of hydrogen-bond donors (Lipinski definition) is 1. The zero-order valence-electron chi connectivity index (χ0n) is 23.4. The molecular formula is C39H30N2O. The molecule has 0 fully saturated rings. The van der Waals surface area contributed by atoms with Crippen molar-refractivity contribution >= 4 is 55.7 Å². The molecule has 0 aliphatic carbocycles. The molecule has 0 saturated carbocycles. The van der Waals surface area contributed by atoms with E-state index in [1.807, 2.05) is 24.3 Å². The summed E-state index contributed by atoms with van der Waals surface area (Å²) in [6.45, 7) is 2.14. The van der Waals surface area contributed by atoms with Gasteiger partial charge in [0.05, 0.1) is 11.4 Å². The number of anilines is 6. The van der Waals surface area contributed by atoms with E-state index in [0.29, 0.717) is 0 Å². The van der Waals surface area contributed by atoms with Crippen LogP contribution in [0.2, 0.25) is 0 Å². The Morgan fingerprint density at radius 1 is 0.381 bits per heavy atom. The van der Waals surface area contributed by atoms with Gasteiger partial charge in [0, 0.05) is 50.4 Å². The summed E-state index contributed by atoms with van der Waals surface area (Å²) in [6, 6.07) is 54.4. The van der Waals surface area contributed by atoms with Crippen LogP contribution in [0.25, 0.3) is 21.5 Å². The maximum absolute atomic E-state index is 10.5. The van der Waals surface area contributed by atoms with E-state index in [2.05, 4.69) is 144 Å². The van der Waals surface area contributed by atoms with Crippen molar-refractivity contribution in [3.63, 3.8) is 0 Å². The second-order valence-electron chi connectivity index (χ2n) is 10.5. The number of phenols is 1. The molecule has 202 valence electrons. The molecule has 0 aliphatic heterocycles. The van der Waals surface area contributed by atoms with E-state index < -0.39 is 0 Å². The van der Waals surface area contributed by atoms with Crippen LogP contribution in [-0.2, 0) is 0 Å². The van der Waals surface area contributed by atoms with Gasteiger partial charge in [0.1, 0.15) is 5.75 Å².